The van der Waals surface area contributed by atoms with Crippen LogP contribution in [-0.2, 0) is 14.8 Å². The van der Waals surface area contributed by atoms with Crippen LogP contribution in [0.15, 0.2) is 65.7 Å². The molecule has 35 heavy (non-hydrogen) atoms. The van der Waals surface area contributed by atoms with Crippen LogP contribution in [0.4, 0.5) is 5.69 Å². The Morgan fingerprint density at radius 3 is 2.51 bits per heavy atom. The number of amides is 1. The van der Waals surface area contributed by atoms with E-state index in [9.17, 15) is 13.2 Å². The molecule has 0 saturated carbocycles. The van der Waals surface area contributed by atoms with Crippen molar-refractivity contribution in [2.75, 3.05) is 44.1 Å². The minimum absolute atomic E-state index is 0.0359. The van der Waals surface area contributed by atoms with E-state index in [0.29, 0.717) is 36.0 Å². The monoisotopic (exact) mass is 494 g/mol. The Morgan fingerprint density at radius 1 is 1.00 bits per heavy atom. The fourth-order valence-electron chi connectivity index (χ4n) is 4.74. The van der Waals surface area contributed by atoms with Crippen LogP contribution in [0.1, 0.15) is 29.6 Å². The van der Waals surface area contributed by atoms with E-state index in [1.807, 2.05) is 17.0 Å². The summed E-state index contributed by atoms with van der Waals surface area (Å²) in [5.41, 5.74) is 1.36. The van der Waals surface area contributed by atoms with Gasteiger partial charge < -0.3 is 9.64 Å². The van der Waals surface area contributed by atoms with Crippen molar-refractivity contribution in [3.05, 3.63) is 66.4 Å². The van der Waals surface area contributed by atoms with Crippen LogP contribution in [-0.4, -0.2) is 74.5 Å². The van der Waals surface area contributed by atoms with Crippen molar-refractivity contribution in [3.8, 4) is 0 Å². The van der Waals surface area contributed by atoms with Gasteiger partial charge in [-0.25, -0.2) is 8.42 Å². The van der Waals surface area contributed by atoms with Crippen LogP contribution in [0.5, 0.6) is 0 Å². The molecule has 0 spiro atoms. The van der Waals surface area contributed by atoms with Crippen LogP contribution >= 0.6 is 0 Å². The summed E-state index contributed by atoms with van der Waals surface area (Å²) in [6, 6.07) is 15.2. The van der Waals surface area contributed by atoms with Crippen LogP contribution in [0.25, 0.3) is 10.9 Å². The highest BCUT2D eigenvalue weighted by Gasteiger charge is 2.25. The van der Waals surface area contributed by atoms with Gasteiger partial charge in [0, 0.05) is 62.2 Å². The fraction of sp³-hybridized carbons (Fsp3) is 0.385. The van der Waals surface area contributed by atoms with Gasteiger partial charge in [-0.1, -0.05) is 18.2 Å². The SMILES string of the molecule is O=C(c1ccc(NS(=O)(=O)c2cccc3cccnc23)cc1)N1CCN(CC2CCCCO2)CC1. The molecule has 1 N–H and O–H groups in total. The number of hydrogen-bond acceptors (Lipinski definition) is 6. The summed E-state index contributed by atoms with van der Waals surface area (Å²) in [6.07, 6.45) is 5.39. The third kappa shape index (κ3) is 5.47. The van der Waals surface area contributed by atoms with E-state index < -0.39 is 10.0 Å². The predicted octanol–water partition coefficient (Wildman–Crippen LogP) is 3.36. The highest BCUT2D eigenvalue weighted by atomic mass is 32.2. The Morgan fingerprint density at radius 2 is 1.77 bits per heavy atom. The number of para-hydroxylation sites is 1. The Bertz CT molecular complexity index is 1280. The molecule has 2 saturated heterocycles. The number of nitrogens with one attached hydrogen (secondary N) is 1. The third-order valence-electron chi connectivity index (χ3n) is 6.66. The van der Waals surface area contributed by atoms with Gasteiger partial charge in [-0.3, -0.25) is 19.4 Å². The van der Waals surface area contributed by atoms with Crippen LogP contribution in [0, 0.1) is 0 Å². The summed E-state index contributed by atoms with van der Waals surface area (Å²) >= 11 is 0. The molecule has 1 atom stereocenters. The molecule has 3 aromatic rings. The van der Waals surface area contributed by atoms with Crippen molar-refractivity contribution in [3.63, 3.8) is 0 Å². The molecule has 1 amide bonds. The van der Waals surface area contributed by atoms with Gasteiger partial charge in [0.25, 0.3) is 15.9 Å². The topological polar surface area (TPSA) is 91.8 Å². The maximum absolute atomic E-state index is 13.0. The second-order valence-electron chi connectivity index (χ2n) is 9.10. The quantitative estimate of drug-likeness (QED) is 0.565. The van der Waals surface area contributed by atoms with E-state index in [4.69, 9.17) is 4.74 Å². The van der Waals surface area contributed by atoms with Gasteiger partial charge in [-0.15, -0.1) is 0 Å². The van der Waals surface area contributed by atoms with Gasteiger partial charge in [0.05, 0.1) is 11.6 Å². The third-order valence-corrected chi connectivity index (χ3v) is 8.08. The lowest BCUT2D eigenvalue weighted by Crippen LogP contribution is -2.50. The molecule has 5 rings (SSSR count). The zero-order valence-corrected chi connectivity index (χ0v) is 20.4. The van der Waals surface area contributed by atoms with Crippen molar-refractivity contribution in [1.82, 2.24) is 14.8 Å². The number of rotatable bonds is 6. The van der Waals surface area contributed by atoms with E-state index in [0.717, 1.165) is 44.5 Å². The molecule has 184 valence electrons. The highest BCUT2D eigenvalue weighted by Crippen LogP contribution is 2.24. The number of anilines is 1. The first kappa shape index (κ1) is 23.7. The van der Waals surface area contributed by atoms with Gasteiger partial charge in [0.15, 0.2) is 0 Å². The Balaban J connectivity index is 1.20. The van der Waals surface area contributed by atoms with Crippen molar-refractivity contribution >= 4 is 32.5 Å². The van der Waals surface area contributed by atoms with Gasteiger partial charge in [-0.05, 0) is 55.7 Å². The summed E-state index contributed by atoms with van der Waals surface area (Å²) in [6.45, 7) is 4.81. The van der Waals surface area contributed by atoms with Crippen molar-refractivity contribution < 1.29 is 17.9 Å². The molecule has 2 aliphatic rings. The maximum atomic E-state index is 13.0. The zero-order chi connectivity index (χ0) is 24.3. The standard InChI is InChI=1S/C26H30N4O4S/c31-26(30-16-14-29(15-17-30)19-23-7-1-2-18-34-23)21-9-11-22(12-10-21)28-35(32,33)24-8-3-5-20-6-4-13-27-25(20)24/h3-6,8-13,23,28H,1-2,7,14-19H2. The smallest absolute Gasteiger partial charge is 0.264 e. The average molecular weight is 495 g/mol. The van der Waals surface area contributed by atoms with Crippen molar-refractivity contribution in [1.29, 1.82) is 0 Å². The number of sulfonamides is 1. The molecule has 2 fully saturated rings. The second-order valence-corrected chi connectivity index (χ2v) is 10.7. The molecule has 1 unspecified atom stereocenters. The molecule has 0 bridgehead atoms. The van der Waals surface area contributed by atoms with Crippen LogP contribution in [0.3, 0.4) is 0 Å². The highest BCUT2D eigenvalue weighted by molar-refractivity contribution is 7.93. The number of piperazine rings is 1. The summed E-state index contributed by atoms with van der Waals surface area (Å²) < 4.78 is 34.5. The summed E-state index contributed by atoms with van der Waals surface area (Å²) in [4.78, 5) is 21.6. The number of carbonyl (C=O) groups excluding carboxylic acids is 1. The Hall–Kier alpha value is -3.01. The van der Waals surface area contributed by atoms with Crippen molar-refractivity contribution in [2.24, 2.45) is 0 Å². The van der Waals surface area contributed by atoms with E-state index in [1.54, 1.807) is 42.6 Å². The molecule has 9 heteroatoms. The number of hydrogen-bond donors (Lipinski definition) is 1. The first-order valence-corrected chi connectivity index (χ1v) is 13.6. The molecule has 2 aromatic carbocycles. The summed E-state index contributed by atoms with van der Waals surface area (Å²) in [5, 5.41) is 0.752. The second kappa shape index (κ2) is 10.3. The maximum Gasteiger partial charge on any atom is 0.264 e. The van der Waals surface area contributed by atoms with Crippen LogP contribution < -0.4 is 4.72 Å². The minimum atomic E-state index is -3.84. The normalized spacial score (nSPS) is 19.5. The van der Waals surface area contributed by atoms with E-state index >= 15 is 0 Å². The lowest BCUT2D eigenvalue weighted by molar-refractivity contribution is -0.0130. The van der Waals surface area contributed by atoms with E-state index in [2.05, 4.69) is 14.6 Å². The largest absolute Gasteiger partial charge is 0.377 e. The molecule has 1 aromatic heterocycles. The van der Waals surface area contributed by atoms with Gasteiger partial charge in [0.1, 0.15) is 4.90 Å². The van der Waals surface area contributed by atoms with Gasteiger partial charge >= 0.3 is 0 Å². The molecule has 8 nitrogen and oxygen atoms in total. The first-order chi connectivity index (χ1) is 17.0. The molecule has 0 aliphatic carbocycles. The van der Waals surface area contributed by atoms with Gasteiger partial charge in [0.2, 0.25) is 0 Å². The fourth-order valence-corrected chi connectivity index (χ4v) is 5.98. The van der Waals surface area contributed by atoms with E-state index in [1.165, 1.54) is 12.5 Å². The van der Waals surface area contributed by atoms with Crippen LogP contribution in [0.2, 0.25) is 0 Å². The lowest BCUT2D eigenvalue weighted by Gasteiger charge is -2.37. The van der Waals surface area contributed by atoms with E-state index in [-0.39, 0.29) is 10.8 Å². The summed E-state index contributed by atoms with van der Waals surface area (Å²) in [7, 11) is -3.84. The molecule has 2 aliphatic heterocycles. The average Bonchev–Trinajstić information content (AvgIpc) is 2.89. The summed E-state index contributed by atoms with van der Waals surface area (Å²) in [5.74, 6) is -0.0359. The molecular weight excluding hydrogens is 464 g/mol. The number of nitrogens with zero attached hydrogens (tertiary/aromatic N) is 3. The van der Waals surface area contributed by atoms with Gasteiger partial charge in [-0.2, -0.15) is 0 Å². The first-order valence-electron chi connectivity index (χ1n) is 12.1. The Labute approximate surface area is 205 Å². The molecular formula is C26H30N4O4S. The number of carbonyl (C=O) groups is 1. The number of pyridine rings is 1. The number of ether oxygens (including phenoxy) is 1. The minimum Gasteiger partial charge on any atom is -0.377 e. The molecule has 3 heterocycles. The zero-order valence-electron chi connectivity index (χ0n) is 19.6. The number of fused-ring (bicyclic) bond motifs is 1. The number of benzene rings is 2. The predicted molar refractivity (Wildman–Crippen MR) is 135 cm³/mol. The number of aromatic nitrogens is 1. The van der Waals surface area contributed by atoms with Crippen molar-refractivity contribution in [2.45, 2.75) is 30.3 Å². The Kier molecular flexibility index (Phi) is 6.99. The molecule has 0 radical (unpaired) electrons. The lowest BCUT2D eigenvalue weighted by atomic mass is 10.1.